The molecular formula is C9H17NO. The lowest BCUT2D eigenvalue weighted by Crippen LogP contribution is -2.22. The molecule has 0 aromatic rings. The van der Waals surface area contributed by atoms with E-state index < -0.39 is 0 Å². The molecule has 0 heterocycles. The molecule has 2 nitrogen and oxygen atoms in total. The summed E-state index contributed by atoms with van der Waals surface area (Å²) in [4.78, 5) is 10.7. The first-order chi connectivity index (χ1) is 5.06. The fourth-order valence-corrected chi connectivity index (χ4v) is 0.862. The van der Waals surface area contributed by atoms with Gasteiger partial charge in [0.05, 0.1) is 0 Å². The number of carbonyl (C=O) groups excluding carboxylic acids is 1. The van der Waals surface area contributed by atoms with E-state index in [0.717, 1.165) is 12.1 Å². The predicted octanol–water partition coefficient (Wildman–Crippen LogP) is 1.87. The van der Waals surface area contributed by atoms with Crippen molar-refractivity contribution in [3.8, 4) is 0 Å². The number of hydrogen-bond donors (Lipinski definition) is 1. The van der Waals surface area contributed by atoms with E-state index in [9.17, 15) is 4.79 Å². The molecule has 0 aliphatic heterocycles. The minimum Gasteiger partial charge on any atom is -0.386 e. The molecule has 0 amide bonds. The van der Waals surface area contributed by atoms with Crippen LogP contribution in [0.4, 0.5) is 0 Å². The Labute approximate surface area is 68.7 Å². The van der Waals surface area contributed by atoms with Gasteiger partial charge in [-0.2, -0.15) is 0 Å². The molecule has 0 aliphatic carbocycles. The molecule has 0 aliphatic rings. The summed E-state index contributed by atoms with van der Waals surface area (Å²) in [6, 6.07) is 0.403. The summed E-state index contributed by atoms with van der Waals surface area (Å²) in [5, 5.41) is 3.20. The van der Waals surface area contributed by atoms with Gasteiger partial charge in [-0.25, -0.2) is 0 Å². The van der Waals surface area contributed by atoms with Crippen LogP contribution < -0.4 is 5.32 Å². The van der Waals surface area contributed by atoms with Crippen LogP contribution >= 0.6 is 0 Å². The molecular weight excluding hydrogens is 138 g/mol. The second-order valence-corrected chi connectivity index (χ2v) is 2.93. The Bertz CT molecular complexity index is 159. The lowest BCUT2D eigenvalue weighted by Gasteiger charge is -2.11. The van der Waals surface area contributed by atoms with E-state index in [4.69, 9.17) is 0 Å². The van der Waals surface area contributed by atoms with Gasteiger partial charge >= 0.3 is 0 Å². The Morgan fingerprint density at radius 3 is 2.36 bits per heavy atom. The van der Waals surface area contributed by atoms with Gasteiger partial charge < -0.3 is 5.32 Å². The van der Waals surface area contributed by atoms with Gasteiger partial charge in [0.25, 0.3) is 0 Å². The molecule has 0 spiro atoms. The Morgan fingerprint density at radius 1 is 1.55 bits per heavy atom. The van der Waals surface area contributed by atoms with Gasteiger partial charge in [-0.1, -0.05) is 6.92 Å². The molecule has 0 atom stereocenters. The molecule has 1 N–H and O–H groups in total. The van der Waals surface area contributed by atoms with Gasteiger partial charge in [0.15, 0.2) is 5.78 Å². The zero-order valence-electron chi connectivity index (χ0n) is 7.77. The molecule has 0 radical (unpaired) electrons. The number of rotatable bonds is 4. The highest BCUT2D eigenvalue weighted by Crippen LogP contribution is 1.97. The maximum Gasteiger partial charge on any atom is 0.154 e. The zero-order chi connectivity index (χ0) is 8.85. The first-order valence-corrected chi connectivity index (χ1v) is 4.04. The highest BCUT2D eigenvalue weighted by atomic mass is 16.1. The van der Waals surface area contributed by atoms with Crippen molar-refractivity contribution in [3.63, 3.8) is 0 Å². The fraction of sp³-hybridized carbons (Fsp3) is 0.667. The van der Waals surface area contributed by atoms with Crippen LogP contribution in [0.15, 0.2) is 11.8 Å². The summed E-state index contributed by atoms with van der Waals surface area (Å²) < 4.78 is 0. The third kappa shape index (κ3) is 5.64. The summed E-state index contributed by atoms with van der Waals surface area (Å²) in [6.45, 7) is 7.72. The first kappa shape index (κ1) is 10.2. The second kappa shape index (κ2) is 4.94. The third-order valence-electron chi connectivity index (χ3n) is 1.23. The number of nitrogens with one attached hydrogen (secondary N) is 1. The summed E-state index contributed by atoms with van der Waals surface area (Å²) in [6.07, 6.45) is 2.54. The molecule has 0 bridgehead atoms. The van der Waals surface area contributed by atoms with Crippen molar-refractivity contribution in [2.75, 3.05) is 0 Å². The standard InChI is InChI=1S/C9H17NO/c1-5-9(6-8(4)11)10-7(2)3/h6-7,10H,5H2,1-4H3. The van der Waals surface area contributed by atoms with Crippen molar-refractivity contribution in [1.82, 2.24) is 5.32 Å². The average Bonchev–Trinajstić information content (AvgIpc) is 1.84. The zero-order valence-corrected chi connectivity index (χ0v) is 7.77. The van der Waals surface area contributed by atoms with Gasteiger partial charge in [-0.3, -0.25) is 4.79 Å². The van der Waals surface area contributed by atoms with Gasteiger partial charge in [0, 0.05) is 11.7 Å². The number of hydrogen-bond acceptors (Lipinski definition) is 2. The molecule has 0 fully saturated rings. The maximum absolute atomic E-state index is 10.7. The molecule has 64 valence electrons. The van der Waals surface area contributed by atoms with Crippen molar-refractivity contribution < 1.29 is 4.79 Å². The molecule has 0 unspecified atom stereocenters. The van der Waals surface area contributed by atoms with E-state index >= 15 is 0 Å². The molecule has 0 aromatic carbocycles. The maximum atomic E-state index is 10.7. The number of carbonyl (C=O) groups is 1. The topological polar surface area (TPSA) is 29.1 Å². The molecule has 0 saturated carbocycles. The van der Waals surface area contributed by atoms with Crippen LogP contribution in [0, 0.1) is 0 Å². The van der Waals surface area contributed by atoms with Crippen LogP contribution in [0.1, 0.15) is 34.1 Å². The molecule has 11 heavy (non-hydrogen) atoms. The second-order valence-electron chi connectivity index (χ2n) is 2.93. The van der Waals surface area contributed by atoms with Crippen LogP contribution in [-0.2, 0) is 4.79 Å². The normalized spacial score (nSPS) is 11.9. The number of ketones is 1. The SMILES string of the molecule is CCC(=CC(C)=O)NC(C)C. The molecule has 2 heteroatoms. The Kier molecular flexibility index (Phi) is 4.59. The predicted molar refractivity (Wildman–Crippen MR) is 47.3 cm³/mol. The summed E-state index contributed by atoms with van der Waals surface area (Å²) in [5.41, 5.74) is 1.02. The lowest BCUT2D eigenvalue weighted by molar-refractivity contribution is -0.112. The smallest absolute Gasteiger partial charge is 0.154 e. The minimum atomic E-state index is 0.106. The van der Waals surface area contributed by atoms with E-state index in [-0.39, 0.29) is 5.78 Å². The molecule has 0 saturated heterocycles. The van der Waals surface area contributed by atoms with E-state index in [1.54, 1.807) is 13.0 Å². The minimum absolute atomic E-state index is 0.106. The summed E-state index contributed by atoms with van der Waals surface area (Å²) in [7, 11) is 0. The molecule has 0 rings (SSSR count). The Balaban J connectivity index is 4.05. The molecule has 0 aromatic heterocycles. The van der Waals surface area contributed by atoms with Crippen LogP contribution in [0.25, 0.3) is 0 Å². The van der Waals surface area contributed by atoms with Crippen LogP contribution in [-0.4, -0.2) is 11.8 Å². The van der Waals surface area contributed by atoms with Crippen LogP contribution in [0.5, 0.6) is 0 Å². The van der Waals surface area contributed by atoms with E-state index in [1.165, 1.54) is 0 Å². The van der Waals surface area contributed by atoms with E-state index in [0.29, 0.717) is 6.04 Å². The van der Waals surface area contributed by atoms with Gasteiger partial charge in [-0.15, -0.1) is 0 Å². The lowest BCUT2D eigenvalue weighted by atomic mass is 10.2. The van der Waals surface area contributed by atoms with E-state index in [2.05, 4.69) is 19.2 Å². The van der Waals surface area contributed by atoms with Crippen molar-refractivity contribution in [3.05, 3.63) is 11.8 Å². The number of allylic oxidation sites excluding steroid dienone is 2. The third-order valence-corrected chi connectivity index (χ3v) is 1.23. The van der Waals surface area contributed by atoms with Crippen LogP contribution in [0.2, 0.25) is 0 Å². The summed E-state index contributed by atoms with van der Waals surface area (Å²) in [5.74, 6) is 0.106. The fourth-order valence-electron chi connectivity index (χ4n) is 0.862. The summed E-state index contributed by atoms with van der Waals surface area (Å²) >= 11 is 0. The first-order valence-electron chi connectivity index (χ1n) is 4.04. The van der Waals surface area contributed by atoms with Gasteiger partial charge in [-0.05, 0) is 33.3 Å². The quantitative estimate of drug-likeness (QED) is 0.628. The van der Waals surface area contributed by atoms with Crippen LogP contribution in [0.3, 0.4) is 0 Å². The van der Waals surface area contributed by atoms with Crippen molar-refractivity contribution in [1.29, 1.82) is 0 Å². The highest BCUT2D eigenvalue weighted by molar-refractivity contribution is 5.87. The van der Waals surface area contributed by atoms with Crippen molar-refractivity contribution >= 4 is 5.78 Å². The average molecular weight is 155 g/mol. The Hall–Kier alpha value is -0.790. The highest BCUT2D eigenvalue weighted by Gasteiger charge is 1.96. The Morgan fingerprint density at radius 2 is 2.09 bits per heavy atom. The van der Waals surface area contributed by atoms with Crippen molar-refractivity contribution in [2.45, 2.75) is 40.2 Å². The van der Waals surface area contributed by atoms with Crippen molar-refractivity contribution in [2.24, 2.45) is 0 Å². The monoisotopic (exact) mass is 155 g/mol. The van der Waals surface area contributed by atoms with Gasteiger partial charge in [0.1, 0.15) is 0 Å². The largest absolute Gasteiger partial charge is 0.386 e. The van der Waals surface area contributed by atoms with Gasteiger partial charge in [0.2, 0.25) is 0 Å². The van der Waals surface area contributed by atoms with E-state index in [1.807, 2.05) is 6.92 Å².